The van der Waals surface area contributed by atoms with E-state index in [-0.39, 0.29) is 6.10 Å². The Labute approximate surface area is 69.1 Å². The molecule has 1 aliphatic carbocycles. The van der Waals surface area contributed by atoms with Gasteiger partial charge in [0.2, 0.25) is 0 Å². The summed E-state index contributed by atoms with van der Waals surface area (Å²) in [4.78, 5) is 0. The molecule has 1 N–H and O–H groups in total. The molecule has 0 fully saturated rings. The summed E-state index contributed by atoms with van der Waals surface area (Å²) < 4.78 is 0. The van der Waals surface area contributed by atoms with Crippen LogP contribution in [0.15, 0.2) is 11.6 Å². The van der Waals surface area contributed by atoms with Gasteiger partial charge in [-0.15, -0.1) is 0 Å². The van der Waals surface area contributed by atoms with E-state index in [0.717, 1.165) is 6.42 Å². The molecule has 0 saturated carbocycles. The van der Waals surface area contributed by atoms with Gasteiger partial charge in [0.1, 0.15) is 0 Å². The monoisotopic (exact) mass is 154 g/mol. The molecule has 0 heterocycles. The van der Waals surface area contributed by atoms with E-state index >= 15 is 0 Å². The van der Waals surface area contributed by atoms with E-state index in [1.165, 1.54) is 24.8 Å². The molecule has 64 valence electrons. The molecule has 0 spiro atoms. The first-order chi connectivity index (χ1) is 5.22. The van der Waals surface area contributed by atoms with Crippen molar-refractivity contribution in [1.29, 1.82) is 0 Å². The van der Waals surface area contributed by atoms with Crippen LogP contribution in [0, 0.1) is 5.92 Å². The van der Waals surface area contributed by atoms with Crippen LogP contribution in [-0.2, 0) is 0 Å². The fourth-order valence-corrected chi connectivity index (χ4v) is 1.86. The first-order valence-electron chi connectivity index (χ1n) is 4.60. The van der Waals surface area contributed by atoms with E-state index < -0.39 is 0 Å². The molecule has 0 bridgehead atoms. The highest BCUT2D eigenvalue weighted by molar-refractivity contribution is 5.09. The van der Waals surface area contributed by atoms with Crippen molar-refractivity contribution in [3.8, 4) is 0 Å². The van der Waals surface area contributed by atoms with E-state index in [9.17, 15) is 5.11 Å². The van der Waals surface area contributed by atoms with Gasteiger partial charge in [0.05, 0.1) is 6.10 Å². The van der Waals surface area contributed by atoms with Gasteiger partial charge in [-0.1, -0.05) is 31.9 Å². The minimum atomic E-state index is -0.166. The first-order valence-corrected chi connectivity index (χ1v) is 4.60. The molecule has 1 rings (SSSR count). The zero-order valence-electron chi connectivity index (χ0n) is 7.51. The summed E-state index contributed by atoms with van der Waals surface area (Å²) in [7, 11) is 0. The predicted octanol–water partition coefficient (Wildman–Crippen LogP) is 2.50. The van der Waals surface area contributed by atoms with E-state index in [1.807, 2.05) is 6.08 Å². The quantitative estimate of drug-likeness (QED) is 0.606. The van der Waals surface area contributed by atoms with Crippen molar-refractivity contribution in [3.63, 3.8) is 0 Å². The van der Waals surface area contributed by atoms with Crippen molar-refractivity contribution in [3.05, 3.63) is 11.6 Å². The molecular weight excluding hydrogens is 136 g/mol. The van der Waals surface area contributed by atoms with Crippen LogP contribution < -0.4 is 0 Å². The maximum Gasteiger partial charge on any atom is 0.0726 e. The first kappa shape index (κ1) is 8.79. The maximum absolute atomic E-state index is 9.40. The minimum Gasteiger partial charge on any atom is -0.389 e. The van der Waals surface area contributed by atoms with Gasteiger partial charge in [0.15, 0.2) is 0 Å². The molecule has 11 heavy (non-hydrogen) atoms. The van der Waals surface area contributed by atoms with Crippen LogP contribution >= 0.6 is 0 Å². The second-order valence-corrected chi connectivity index (χ2v) is 3.69. The molecule has 0 aromatic rings. The van der Waals surface area contributed by atoms with Crippen LogP contribution in [0.25, 0.3) is 0 Å². The number of allylic oxidation sites excluding steroid dienone is 1. The Hall–Kier alpha value is -0.300. The smallest absolute Gasteiger partial charge is 0.0726 e. The Bertz CT molecular complexity index is 149. The van der Waals surface area contributed by atoms with Crippen molar-refractivity contribution < 1.29 is 5.11 Å². The van der Waals surface area contributed by atoms with Gasteiger partial charge in [0, 0.05) is 0 Å². The second-order valence-electron chi connectivity index (χ2n) is 3.69. The number of hydrogen-bond acceptors (Lipinski definition) is 1. The maximum atomic E-state index is 9.40. The average Bonchev–Trinajstić information content (AvgIpc) is 1.85. The van der Waals surface area contributed by atoms with Crippen LogP contribution in [0.5, 0.6) is 0 Å². The lowest BCUT2D eigenvalue weighted by Crippen LogP contribution is -2.15. The van der Waals surface area contributed by atoms with Gasteiger partial charge in [-0.05, 0) is 25.2 Å². The van der Waals surface area contributed by atoms with Crippen LogP contribution in [0.3, 0.4) is 0 Å². The summed E-state index contributed by atoms with van der Waals surface area (Å²) in [6, 6.07) is 0. The number of rotatable bonds is 2. The summed E-state index contributed by atoms with van der Waals surface area (Å²) in [6.07, 6.45) is 6.40. The third-order valence-electron chi connectivity index (χ3n) is 2.25. The predicted molar refractivity (Wildman–Crippen MR) is 47.4 cm³/mol. The van der Waals surface area contributed by atoms with E-state index in [2.05, 4.69) is 13.8 Å². The van der Waals surface area contributed by atoms with Gasteiger partial charge in [-0.2, -0.15) is 0 Å². The van der Waals surface area contributed by atoms with Gasteiger partial charge in [-0.25, -0.2) is 0 Å². The van der Waals surface area contributed by atoms with Crippen molar-refractivity contribution in [2.45, 2.75) is 45.6 Å². The zero-order chi connectivity index (χ0) is 8.27. The van der Waals surface area contributed by atoms with Crippen LogP contribution in [0.2, 0.25) is 0 Å². The molecule has 0 aromatic carbocycles. The zero-order valence-corrected chi connectivity index (χ0v) is 7.51. The second kappa shape index (κ2) is 3.91. The van der Waals surface area contributed by atoms with Gasteiger partial charge in [-0.3, -0.25) is 0 Å². The highest BCUT2D eigenvalue weighted by Gasteiger charge is 2.16. The summed E-state index contributed by atoms with van der Waals surface area (Å²) in [5.41, 5.74) is 1.46. The molecule has 0 radical (unpaired) electrons. The van der Waals surface area contributed by atoms with Crippen molar-refractivity contribution in [2.24, 2.45) is 5.92 Å². The third kappa shape index (κ3) is 2.66. The SMILES string of the molecule is CCCC1=CC(O)CC(C)C1. The van der Waals surface area contributed by atoms with Crippen LogP contribution in [0.4, 0.5) is 0 Å². The summed E-state index contributed by atoms with van der Waals surface area (Å²) in [6.45, 7) is 4.40. The fraction of sp³-hybridized carbons (Fsp3) is 0.800. The fourth-order valence-electron chi connectivity index (χ4n) is 1.86. The third-order valence-corrected chi connectivity index (χ3v) is 2.25. The number of aliphatic hydroxyl groups is 1. The molecule has 0 saturated heterocycles. The van der Waals surface area contributed by atoms with Crippen LogP contribution in [0.1, 0.15) is 39.5 Å². The summed E-state index contributed by atoms with van der Waals surface area (Å²) in [5, 5.41) is 9.40. The van der Waals surface area contributed by atoms with E-state index in [1.54, 1.807) is 0 Å². The molecule has 1 heteroatoms. The Balaban J connectivity index is 2.49. The van der Waals surface area contributed by atoms with Crippen LogP contribution in [-0.4, -0.2) is 11.2 Å². The van der Waals surface area contributed by atoms with Gasteiger partial charge >= 0.3 is 0 Å². The minimum absolute atomic E-state index is 0.166. The molecule has 1 nitrogen and oxygen atoms in total. The van der Waals surface area contributed by atoms with E-state index in [0.29, 0.717) is 5.92 Å². The molecule has 2 atom stereocenters. The van der Waals surface area contributed by atoms with Gasteiger partial charge in [0.25, 0.3) is 0 Å². The Kier molecular flexibility index (Phi) is 3.13. The molecule has 1 aliphatic rings. The Morgan fingerprint density at radius 1 is 1.64 bits per heavy atom. The number of hydrogen-bond donors (Lipinski definition) is 1. The molecule has 0 amide bonds. The summed E-state index contributed by atoms with van der Waals surface area (Å²) in [5.74, 6) is 0.677. The standard InChI is InChI=1S/C10H18O/c1-3-4-9-5-8(2)6-10(11)7-9/h7-8,10-11H,3-6H2,1-2H3. The topological polar surface area (TPSA) is 20.2 Å². The van der Waals surface area contributed by atoms with Crippen molar-refractivity contribution in [2.75, 3.05) is 0 Å². The van der Waals surface area contributed by atoms with E-state index in [4.69, 9.17) is 0 Å². The Morgan fingerprint density at radius 3 is 2.91 bits per heavy atom. The molecule has 0 aromatic heterocycles. The normalized spacial score (nSPS) is 31.7. The average molecular weight is 154 g/mol. The van der Waals surface area contributed by atoms with Gasteiger partial charge < -0.3 is 5.11 Å². The largest absolute Gasteiger partial charge is 0.389 e. The highest BCUT2D eigenvalue weighted by Crippen LogP contribution is 2.26. The molecular formula is C10H18O. The lowest BCUT2D eigenvalue weighted by Gasteiger charge is -2.22. The highest BCUT2D eigenvalue weighted by atomic mass is 16.3. The summed E-state index contributed by atoms with van der Waals surface area (Å²) >= 11 is 0. The Morgan fingerprint density at radius 2 is 2.36 bits per heavy atom. The lowest BCUT2D eigenvalue weighted by atomic mass is 9.87. The lowest BCUT2D eigenvalue weighted by molar-refractivity contribution is 0.179. The van der Waals surface area contributed by atoms with Crippen molar-refractivity contribution >= 4 is 0 Å². The van der Waals surface area contributed by atoms with Crippen molar-refractivity contribution in [1.82, 2.24) is 0 Å². The molecule has 2 unspecified atom stereocenters. The number of aliphatic hydroxyl groups excluding tert-OH is 1. The molecule has 0 aliphatic heterocycles.